The van der Waals surface area contributed by atoms with E-state index >= 15 is 0 Å². The zero-order chi connectivity index (χ0) is 11.7. The topological polar surface area (TPSA) is 37.5 Å². The average molecular weight is 224 g/mol. The van der Waals surface area contributed by atoms with E-state index in [-0.39, 0.29) is 0 Å². The van der Waals surface area contributed by atoms with Crippen LogP contribution in [0.4, 0.5) is 0 Å². The number of rotatable bonds is 2. The van der Waals surface area contributed by atoms with Crippen LogP contribution in [0.25, 0.3) is 5.52 Å². The molecule has 2 aromatic heterocycles. The Hall–Kier alpha value is -2.29. The molecule has 0 atom stereocenters. The molecule has 0 unspecified atom stereocenters. The number of aromatic hydroxyl groups is 1. The largest absolute Gasteiger partial charge is 0.508 e. The second-order valence-electron chi connectivity index (χ2n) is 3.98. The Morgan fingerprint density at radius 3 is 2.76 bits per heavy atom. The van der Waals surface area contributed by atoms with Crippen molar-refractivity contribution in [1.29, 1.82) is 0 Å². The van der Waals surface area contributed by atoms with E-state index < -0.39 is 0 Å². The van der Waals surface area contributed by atoms with Crippen LogP contribution in [-0.4, -0.2) is 14.5 Å². The van der Waals surface area contributed by atoms with E-state index in [0.717, 1.165) is 16.9 Å². The van der Waals surface area contributed by atoms with Gasteiger partial charge >= 0.3 is 0 Å². The first-order chi connectivity index (χ1) is 8.34. The fourth-order valence-electron chi connectivity index (χ4n) is 1.96. The van der Waals surface area contributed by atoms with Crippen molar-refractivity contribution in [2.45, 2.75) is 6.42 Å². The summed E-state index contributed by atoms with van der Waals surface area (Å²) in [4.78, 5) is 4.38. The highest BCUT2D eigenvalue weighted by atomic mass is 16.3. The smallest absolute Gasteiger partial charge is 0.119 e. The maximum absolute atomic E-state index is 9.74. The Morgan fingerprint density at radius 1 is 1.06 bits per heavy atom. The molecule has 17 heavy (non-hydrogen) atoms. The number of phenolic OH excluding ortho intramolecular Hbond substituents is 1. The predicted molar refractivity (Wildman–Crippen MR) is 66.1 cm³/mol. The van der Waals surface area contributed by atoms with Gasteiger partial charge in [-0.05, 0) is 18.2 Å². The van der Waals surface area contributed by atoms with E-state index in [4.69, 9.17) is 0 Å². The van der Waals surface area contributed by atoms with Crippen LogP contribution >= 0.6 is 0 Å². The molecule has 3 aromatic rings. The summed E-state index contributed by atoms with van der Waals surface area (Å²) in [7, 11) is 0. The summed E-state index contributed by atoms with van der Waals surface area (Å²) in [6.07, 6.45) is 4.46. The van der Waals surface area contributed by atoms with Crippen LogP contribution in [-0.2, 0) is 6.42 Å². The summed E-state index contributed by atoms with van der Waals surface area (Å²) in [5.74, 6) is 1.25. The fraction of sp³-hybridized carbons (Fsp3) is 0.0714. The molecule has 84 valence electrons. The minimum Gasteiger partial charge on any atom is -0.508 e. The monoisotopic (exact) mass is 224 g/mol. The first-order valence-corrected chi connectivity index (χ1v) is 5.52. The summed E-state index contributed by atoms with van der Waals surface area (Å²) in [5.41, 5.74) is 1.96. The lowest BCUT2D eigenvalue weighted by Crippen LogP contribution is -1.96. The zero-order valence-electron chi connectivity index (χ0n) is 9.24. The van der Waals surface area contributed by atoms with Crippen molar-refractivity contribution in [3.8, 4) is 5.75 Å². The standard InChI is InChI=1S/C14H12N2O/c17-13-7-2-1-5-11(13)9-14-15-10-12-6-3-4-8-16(12)14/h1-8,10,17H,9H2. The number of phenols is 1. The van der Waals surface area contributed by atoms with Gasteiger partial charge in [0, 0.05) is 18.2 Å². The normalized spacial score (nSPS) is 10.8. The van der Waals surface area contributed by atoms with Gasteiger partial charge < -0.3 is 9.51 Å². The first kappa shape index (κ1) is 9.90. The van der Waals surface area contributed by atoms with Gasteiger partial charge in [-0.1, -0.05) is 24.3 Å². The molecular weight excluding hydrogens is 212 g/mol. The number of imidazole rings is 1. The van der Waals surface area contributed by atoms with Crippen LogP contribution in [0.1, 0.15) is 11.4 Å². The van der Waals surface area contributed by atoms with Gasteiger partial charge in [-0.25, -0.2) is 4.98 Å². The van der Waals surface area contributed by atoms with Gasteiger partial charge in [0.25, 0.3) is 0 Å². The van der Waals surface area contributed by atoms with Gasteiger partial charge in [0.2, 0.25) is 0 Å². The van der Waals surface area contributed by atoms with Crippen LogP contribution in [0.5, 0.6) is 5.75 Å². The SMILES string of the molecule is Oc1ccccc1Cc1ncc2ccccn12. The summed E-state index contributed by atoms with van der Waals surface area (Å²) >= 11 is 0. The minimum atomic E-state index is 0.320. The third-order valence-electron chi connectivity index (χ3n) is 2.86. The summed E-state index contributed by atoms with van der Waals surface area (Å²) < 4.78 is 2.03. The number of para-hydroxylation sites is 1. The molecular formula is C14H12N2O. The molecule has 0 spiro atoms. The Morgan fingerprint density at radius 2 is 1.88 bits per heavy atom. The first-order valence-electron chi connectivity index (χ1n) is 5.52. The van der Waals surface area contributed by atoms with Crippen molar-refractivity contribution in [3.63, 3.8) is 0 Å². The second kappa shape index (κ2) is 3.94. The summed E-state index contributed by atoms with van der Waals surface area (Å²) in [6.45, 7) is 0. The second-order valence-corrected chi connectivity index (χ2v) is 3.98. The van der Waals surface area contributed by atoms with Gasteiger partial charge in [0.05, 0.1) is 11.7 Å². The van der Waals surface area contributed by atoms with Gasteiger partial charge in [-0.15, -0.1) is 0 Å². The molecule has 0 fully saturated rings. The quantitative estimate of drug-likeness (QED) is 0.726. The van der Waals surface area contributed by atoms with Crippen molar-refractivity contribution >= 4 is 5.52 Å². The Bertz CT molecular complexity index is 658. The van der Waals surface area contributed by atoms with Crippen LogP contribution < -0.4 is 0 Å². The minimum absolute atomic E-state index is 0.320. The van der Waals surface area contributed by atoms with Crippen molar-refractivity contribution in [2.75, 3.05) is 0 Å². The van der Waals surface area contributed by atoms with E-state index in [2.05, 4.69) is 4.98 Å². The summed E-state index contributed by atoms with van der Waals surface area (Å²) in [5, 5.41) is 9.74. The van der Waals surface area contributed by atoms with E-state index in [0.29, 0.717) is 12.2 Å². The number of hydrogen-bond acceptors (Lipinski definition) is 2. The lowest BCUT2D eigenvalue weighted by atomic mass is 10.1. The Labute approximate surface area is 99.0 Å². The van der Waals surface area contributed by atoms with Gasteiger partial charge in [-0.2, -0.15) is 0 Å². The molecule has 0 bridgehead atoms. The molecule has 1 aromatic carbocycles. The molecule has 0 saturated heterocycles. The Kier molecular flexibility index (Phi) is 2.29. The number of aromatic nitrogens is 2. The molecule has 3 rings (SSSR count). The number of hydrogen-bond donors (Lipinski definition) is 1. The molecule has 0 amide bonds. The van der Waals surface area contributed by atoms with Crippen molar-refractivity contribution in [2.24, 2.45) is 0 Å². The van der Waals surface area contributed by atoms with Gasteiger partial charge in [-0.3, -0.25) is 0 Å². The van der Waals surface area contributed by atoms with Crippen LogP contribution in [0.15, 0.2) is 54.9 Å². The predicted octanol–water partition coefficient (Wildman–Crippen LogP) is 2.63. The molecule has 0 aliphatic rings. The zero-order valence-corrected chi connectivity index (χ0v) is 9.24. The van der Waals surface area contributed by atoms with E-state index in [1.165, 1.54) is 0 Å². The molecule has 1 N–H and O–H groups in total. The van der Waals surface area contributed by atoms with Gasteiger partial charge in [0.15, 0.2) is 0 Å². The van der Waals surface area contributed by atoms with Crippen LogP contribution in [0.3, 0.4) is 0 Å². The van der Waals surface area contributed by atoms with E-state index in [1.807, 2.05) is 53.2 Å². The van der Waals surface area contributed by atoms with E-state index in [1.54, 1.807) is 6.07 Å². The number of nitrogens with zero attached hydrogens (tertiary/aromatic N) is 2. The lowest BCUT2D eigenvalue weighted by molar-refractivity contribution is 0.469. The molecule has 0 radical (unpaired) electrons. The lowest BCUT2D eigenvalue weighted by Gasteiger charge is -2.03. The van der Waals surface area contributed by atoms with Crippen molar-refractivity contribution in [3.05, 3.63) is 66.2 Å². The number of fused-ring (bicyclic) bond motifs is 1. The fourth-order valence-corrected chi connectivity index (χ4v) is 1.96. The molecule has 0 saturated carbocycles. The maximum atomic E-state index is 9.74. The van der Waals surface area contributed by atoms with Crippen LogP contribution in [0.2, 0.25) is 0 Å². The maximum Gasteiger partial charge on any atom is 0.119 e. The highest BCUT2D eigenvalue weighted by Crippen LogP contribution is 2.19. The highest BCUT2D eigenvalue weighted by molar-refractivity contribution is 5.46. The molecule has 0 aliphatic carbocycles. The van der Waals surface area contributed by atoms with Gasteiger partial charge in [0.1, 0.15) is 11.6 Å². The molecule has 0 aliphatic heterocycles. The average Bonchev–Trinajstić information content (AvgIpc) is 2.76. The Balaban J connectivity index is 2.03. The number of benzene rings is 1. The number of pyridine rings is 1. The van der Waals surface area contributed by atoms with Crippen molar-refractivity contribution < 1.29 is 5.11 Å². The van der Waals surface area contributed by atoms with Crippen molar-refractivity contribution in [1.82, 2.24) is 9.38 Å². The molecule has 3 nitrogen and oxygen atoms in total. The highest BCUT2D eigenvalue weighted by Gasteiger charge is 2.06. The van der Waals surface area contributed by atoms with Crippen LogP contribution in [0, 0.1) is 0 Å². The molecule has 2 heterocycles. The van der Waals surface area contributed by atoms with E-state index in [9.17, 15) is 5.11 Å². The third kappa shape index (κ3) is 1.76. The molecule has 3 heteroatoms. The summed E-state index contributed by atoms with van der Waals surface area (Å²) in [6, 6.07) is 13.3. The third-order valence-corrected chi connectivity index (χ3v) is 2.86.